The Bertz CT molecular complexity index is 877. The molecule has 9 heteroatoms. The van der Waals surface area contributed by atoms with Gasteiger partial charge in [-0.1, -0.05) is 0 Å². The number of carbonyl (C=O) groups excluding carboxylic acids is 2. The molecule has 0 aromatic heterocycles. The number of benzene rings is 2. The van der Waals surface area contributed by atoms with Crippen molar-refractivity contribution in [2.75, 3.05) is 5.32 Å². The average Bonchev–Trinajstić information content (AvgIpc) is 2.60. The molecule has 132 valence electrons. The summed E-state index contributed by atoms with van der Waals surface area (Å²) in [5, 5.41) is 15.9. The lowest BCUT2D eigenvalue weighted by Crippen LogP contribution is -2.32. The first-order chi connectivity index (χ1) is 12.3. The van der Waals surface area contributed by atoms with Gasteiger partial charge >= 0.3 is 0 Å². The Kier molecular flexibility index (Phi) is 6.12. The third-order valence-corrected chi connectivity index (χ3v) is 3.40. The summed E-state index contributed by atoms with van der Waals surface area (Å²) in [6.45, 7) is 0. The van der Waals surface area contributed by atoms with E-state index in [1.54, 1.807) is 12.1 Å². The van der Waals surface area contributed by atoms with E-state index in [-0.39, 0.29) is 10.8 Å². The summed E-state index contributed by atoms with van der Waals surface area (Å²) >= 11 is 5.03. The minimum Gasteiger partial charge on any atom is -0.366 e. The van der Waals surface area contributed by atoms with Crippen LogP contribution in [0.15, 0.2) is 54.6 Å². The molecule has 0 heterocycles. The Hall–Kier alpha value is -3.59. The Balaban J connectivity index is 1.89. The number of nitrogens with zero attached hydrogens (tertiary/aromatic N) is 1. The fourth-order valence-electron chi connectivity index (χ4n) is 1.91. The van der Waals surface area contributed by atoms with E-state index in [1.807, 2.05) is 0 Å². The van der Waals surface area contributed by atoms with Crippen molar-refractivity contribution in [3.8, 4) is 0 Å². The van der Waals surface area contributed by atoms with Crippen molar-refractivity contribution in [2.45, 2.75) is 0 Å². The summed E-state index contributed by atoms with van der Waals surface area (Å²) in [5.41, 5.74) is 6.70. The van der Waals surface area contributed by atoms with E-state index >= 15 is 0 Å². The van der Waals surface area contributed by atoms with Gasteiger partial charge in [-0.15, -0.1) is 0 Å². The number of carbonyl (C=O) groups is 2. The third kappa shape index (κ3) is 5.49. The fraction of sp³-hybridized carbons (Fsp3) is 0. The van der Waals surface area contributed by atoms with Crippen molar-refractivity contribution in [3.63, 3.8) is 0 Å². The zero-order chi connectivity index (χ0) is 19.1. The molecule has 0 aliphatic heterocycles. The van der Waals surface area contributed by atoms with E-state index in [4.69, 9.17) is 18.0 Å². The van der Waals surface area contributed by atoms with Gasteiger partial charge in [-0.3, -0.25) is 25.0 Å². The molecule has 2 rings (SSSR count). The van der Waals surface area contributed by atoms with E-state index in [1.165, 1.54) is 48.6 Å². The molecule has 0 spiro atoms. The molecule has 0 atom stereocenters. The maximum atomic E-state index is 11.8. The molecular formula is C17H14N4O4S. The fourth-order valence-corrected chi connectivity index (χ4v) is 2.13. The number of nitro groups is 1. The molecule has 2 aromatic carbocycles. The van der Waals surface area contributed by atoms with E-state index in [9.17, 15) is 19.7 Å². The van der Waals surface area contributed by atoms with Gasteiger partial charge in [0.15, 0.2) is 5.11 Å². The Morgan fingerprint density at radius 2 is 1.69 bits per heavy atom. The van der Waals surface area contributed by atoms with Gasteiger partial charge in [0.05, 0.1) is 4.92 Å². The third-order valence-electron chi connectivity index (χ3n) is 3.20. The number of hydrogen-bond acceptors (Lipinski definition) is 5. The average molecular weight is 370 g/mol. The van der Waals surface area contributed by atoms with Crippen molar-refractivity contribution in [2.24, 2.45) is 5.73 Å². The smallest absolute Gasteiger partial charge is 0.269 e. The standard InChI is InChI=1S/C17H14N4O4S/c18-16(23)12-4-6-13(7-5-12)19-17(26)20-15(22)10-3-11-1-8-14(9-2-11)21(24)25/h1-10H,(H2,18,23)(H2,19,20,22,26)/b10-3+. The number of non-ortho nitro benzene ring substituents is 1. The van der Waals surface area contributed by atoms with Gasteiger partial charge in [-0.25, -0.2) is 0 Å². The topological polar surface area (TPSA) is 127 Å². The number of nitrogens with one attached hydrogen (secondary N) is 2. The molecule has 0 aliphatic carbocycles. The van der Waals surface area contributed by atoms with Crippen LogP contribution in [0.5, 0.6) is 0 Å². The van der Waals surface area contributed by atoms with Crippen molar-refractivity contribution >= 4 is 46.6 Å². The van der Waals surface area contributed by atoms with Crippen LogP contribution in [0.3, 0.4) is 0 Å². The van der Waals surface area contributed by atoms with Gasteiger partial charge in [0.2, 0.25) is 11.8 Å². The minimum absolute atomic E-state index is 0.0284. The Labute approximate surface area is 153 Å². The minimum atomic E-state index is -0.538. The van der Waals surface area contributed by atoms with Gasteiger partial charge in [-0.05, 0) is 60.3 Å². The number of primary amides is 1. The molecule has 4 N–H and O–H groups in total. The summed E-state index contributed by atoms with van der Waals surface area (Å²) in [6.07, 6.45) is 2.76. The zero-order valence-electron chi connectivity index (χ0n) is 13.3. The summed E-state index contributed by atoms with van der Waals surface area (Å²) in [6, 6.07) is 12.0. The van der Waals surface area contributed by atoms with Crippen LogP contribution in [0.4, 0.5) is 11.4 Å². The predicted molar refractivity (Wildman–Crippen MR) is 101 cm³/mol. The second-order valence-corrected chi connectivity index (χ2v) is 5.48. The highest BCUT2D eigenvalue weighted by atomic mass is 32.1. The molecule has 0 bridgehead atoms. The molecule has 26 heavy (non-hydrogen) atoms. The van der Waals surface area contributed by atoms with E-state index in [0.29, 0.717) is 16.8 Å². The maximum absolute atomic E-state index is 11.8. The lowest BCUT2D eigenvalue weighted by atomic mass is 10.2. The molecule has 0 aliphatic rings. The number of hydrogen-bond donors (Lipinski definition) is 3. The largest absolute Gasteiger partial charge is 0.366 e. The maximum Gasteiger partial charge on any atom is 0.269 e. The van der Waals surface area contributed by atoms with Crippen molar-refractivity contribution in [1.82, 2.24) is 5.32 Å². The van der Waals surface area contributed by atoms with Crippen molar-refractivity contribution in [1.29, 1.82) is 0 Å². The molecule has 8 nitrogen and oxygen atoms in total. The lowest BCUT2D eigenvalue weighted by molar-refractivity contribution is -0.384. The normalized spacial score (nSPS) is 10.3. The van der Waals surface area contributed by atoms with Crippen LogP contribution in [0.2, 0.25) is 0 Å². The Morgan fingerprint density at radius 3 is 2.23 bits per heavy atom. The van der Waals surface area contributed by atoms with Crippen LogP contribution in [0.1, 0.15) is 15.9 Å². The molecule has 0 fully saturated rings. The highest BCUT2D eigenvalue weighted by Crippen LogP contribution is 2.13. The number of nitrogens with two attached hydrogens (primary N) is 1. The lowest BCUT2D eigenvalue weighted by Gasteiger charge is -2.08. The molecule has 2 aromatic rings. The SMILES string of the molecule is NC(=O)c1ccc(NC(=S)NC(=O)/C=C/c2ccc([N+](=O)[O-])cc2)cc1. The first-order valence-corrected chi connectivity index (χ1v) is 7.70. The van der Waals surface area contributed by atoms with Gasteiger partial charge < -0.3 is 11.1 Å². The van der Waals surface area contributed by atoms with Gasteiger partial charge in [0.1, 0.15) is 0 Å². The summed E-state index contributed by atoms with van der Waals surface area (Å²) in [7, 11) is 0. The highest BCUT2D eigenvalue weighted by Gasteiger charge is 2.05. The van der Waals surface area contributed by atoms with Crippen molar-refractivity contribution < 1.29 is 14.5 Å². The number of thiocarbonyl (C=S) groups is 1. The van der Waals surface area contributed by atoms with E-state index in [0.717, 1.165) is 0 Å². The second kappa shape index (κ2) is 8.49. The van der Waals surface area contributed by atoms with Crippen LogP contribution in [0, 0.1) is 10.1 Å². The van der Waals surface area contributed by atoms with Gasteiger partial charge in [-0.2, -0.15) is 0 Å². The zero-order valence-corrected chi connectivity index (χ0v) is 14.2. The van der Waals surface area contributed by atoms with Gasteiger partial charge in [0, 0.05) is 29.5 Å². The highest BCUT2D eigenvalue weighted by molar-refractivity contribution is 7.80. The van der Waals surface area contributed by atoms with Crippen LogP contribution in [-0.2, 0) is 4.79 Å². The van der Waals surface area contributed by atoms with Gasteiger partial charge in [0.25, 0.3) is 5.69 Å². The number of amides is 2. The monoisotopic (exact) mass is 370 g/mol. The quantitative estimate of drug-likeness (QED) is 0.320. The number of anilines is 1. The second-order valence-electron chi connectivity index (χ2n) is 5.07. The first kappa shape index (κ1) is 18.7. The molecule has 0 radical (unpaired) electrons. The summed E-state index contributed by atoms with van der Waals surface area (Å²) < 4.78 is 0. The summed E-state index contributed by atoms with van der Waals surface area (Å²) in [4.78, 5) is 32.9. The molecule has 0 saturated carbocycles. The first-order valence-electron chi connectivity index (χ1n) is 7.29. The van der Waals surface area contributed by atoms with E-state index < -0.39 is 16.7 Å². The van der Waals surface area contributed by atoms with Crippen LogP contribution in [-0.4, -0.2) is 21.9 Å². The van der Waals surface area contributed by atoms with Crippen molar-refractivity contribution in [3.05, 3.63) is 75.8 Å². The van der Waals surface area contributed by atoms with Crippen LogP contribution < -0.4 is 16.4 Å². The van der Waals surface area contributed by atoms with E-state index in [2.05, 4.69) is 10.6 Å². The van der Waals surface area contributed by atoms with Crippen LogP contribution >= 0.6 is 12.2 Å². The number of nitro benzene ring substituents is 1. The van der Waals surface area contributed by atoms with Crippen LogP contribution in [0.25, 0.3) is 6.08 Å². The predicted octanol–water partition coefficient (Wildman–Crippen LogP) is 2.22. The molecule has 0 unspecified atom stereocenters. The molecule has 2 amide bonds. The summed E-state index contributed by atoms with van der Waals surface area (Å²) in [5.74, 6) is -1.00. The Morgan fingerprint density at radius 1 is 1.08 bits per heavy atom. The number of rotatable bonds is 5. The molecule has 0 saturated heterocycles. The molecular weight excluding hydrogens is 356 g/mol.